The van der Waals surface area contributed by atoms with E-state index in [0.717, 1.165) is 17.5 Å². The number of carbonyl (C=O) groups excluding carboxylic acids is 1. The van der Waals surface area contributed by atoms with Crippen molar-refractivity contribution < 1.29 is 9.90 Å². The van der Waals surface area contributed by atoms with Gasteiger partial charge in [-0.2, -0.15) is 0 Å². The molecule has 1 N–H and O–H groups in total. The number of nitrogens with zero attached hydrogens (tertiary/aromatic N) is 1. The van der Waals surface area contributed by atoms with E-state index >= 15 is 0 Å². The Hall–Kier alpha value is -2.13. The predicted octanol–water partition coefficient (Wildman–Crippen LogP) is 3.59. The van der Waals surface area contributed by atoms with Crippen molar-refractivity contribution >= 4 is 5.91 Å². The van der Waals surface area contributed by atoms with E-state index in [1.165, 1.54) is 18.4 Å². The molecule has 128 valence electrons. The van der Waals surface area contributed by atoms with Gasteiger partial charge in [0.1, 0.15) is 0 Å². The summed E-state index contributed by atoms with van der Waals surface area (Å²) in [6.45, 7) is 3.07. The lowest BCUT2D eigenvalue weighted by Crippen LogP contribution is -2.34. The summed E-state index contributed by atoms with van der Waals surface area (Å²) in [5.74, 6) is 0.0502. The quantitative estimate of drug-likeness (QED) is 0.765. The van der Waals surface area contributed by atoms with Crippen LogP contribution in [-0.4, -0.2) is 29.1 Å². The Kier molecular flexibility index (Phi) is 7.50. The second kappa shape index (κ2) is 9.89. The van der Waals surface area contributed by atoms with Gasteiger partial charge in [-0.3, -0.25) is 4.79 Å². The number of benzene rings is 2. The smallest absolute Gasteiger partial charge is 0.227 e. The minimum absolute atomic E-state index is 0.0193. The molecule has 2 aromatic rings. The Balaban J connectivity index is 1.96. The summed E-state index contributed by atoms with van der Waals surface area (Å²) >= 11 is 0. The van der Waals surface area contributed by atoms with Gasteiger partial charge in [0.05, 0.1) is 13.0 Å². The van der Waals surface area contributed by atoms with Gasteiger partial charge >= 0.3 is 0 Å². The SMILES string of the molecule is CCCCc1ccc(CC(=O)N(CCO)Cc2ccccc2)cc1. The zero-order valence-corrected chi connectivity index (χ0v) is 14.4. The van der Waals surface area contributed by atoms with Gasteiger partial charge in [0, 0.05) is 13.1 Å². The van der Waals surface area contributed by atoms with Crippen LogP contribution in [0.15, 0.2) is 54.6 Å². The minimum atomic E-state index is -0.0193. The van der Waals surface area contributed by atoms with Crippen LogP contribution in [0, 0.1) is 0 Å². The fraction of sp³-hybridized carbons (Fsp3) is 0.381. The van der Waals surface area contributed by atoms with Crippen molar-refractivity contribution in [3.05, 3.63) is 71.3 Å². The number of aryl methyl sites for hydroxylation is 1. The molecule has 3 heteroatoms. The maximum Gasteiger partial charge on any atom is 0.227 e. The normalized spacial score (nSPS) is 10.6. The van der Waals surface area contributed by atoms with Crippen molar-refractivity contribution in [3.63, 3.8) is 0 Å². The average molecular weight is 325 g/mol. The van der Waals surface area contributed by atoms with Crippen molar-refractivity contribution in [2.45, 2.75) is 39.2 Å². The van der Waals surface area contributed by atoms with Gasteiger partial charge in [-0.25, -0.2) is 0 Å². The van der Waals surface area contributed by atoms with Gasteiger partial charge in [0.25, 0.3) is 0 Å². The molecule has 0 saturated carbocycles. The molecule has 0 aliphatic heterocycles. The van der Waals surface area contributed by atoms with Crippen LogP contribution in [0.3, 0.4) is 0 Å². The largest absolute Gasteiger partial charge is 0.395 e. The van der Waals surface area contributed by atoms with Crippen LogP contribution in [0.1, 0.15) is 36.5 Å². The molecule has 0 bridgehead atoms. The van der Waals surface area contributed by atoms with E-state index in [4.69, 9.17) is 0 Å². The zero-order chi connectivity index (χ0) is 17.2. The van der Waals surface area contributed by atoms with Crippen LogP contribution in [0.5, 0.6) is 0 Å². The second-order valence-electron chi connectivity index (χ2n) is 6.12. The number of hydrogen-bond donors (Lipinski definition) is 1. The zero-order valence-electron chi connectivity index (χ0n) is 14.4. The maximum atomic E-state index is 12.6. The van der Waals surface area contributed by atoms with Gasteiger partial charge in [-0.15, -0.1) is 0 Å². The lowest BCUT2D eigenvalue weighted by atomic mass is 10.0. The summed E-state index contributed by atoms with van der Waals surface area (Å²) in [5, 5.41) is 9.25. The monoisotopic (exact) mass is 325 g/mol. The number of rotatable bonds is 9. The first-order chi connectivity index (χ1) is 11.7. The van der Waals surface area contributed by atoms with Gasteiger partial charge in [0.2, 0.25) is 5.91 Å². The first kappa shape index (κ1) is 18.2. The molecule has 0 unspecified atom stereocenters. The first-order valence-electron chi connectivity index (χ1n) is 8.73. The van der Waals surface area contributed by atoms with E-state index in [0.29, 0.717) is 19.5 Å². The fourth-order valence-electron chi connectivity index (χ4n) is 2.71. The molecular weight excluding hydrogens is 298 g/mol. The Morgan fingerprint density at radius 3 is 2.25 bits per heavy atom. The summed E-state index contributed by atoms with van der Waals surface area (Å²) in [6.07, 6.45) is 3.85. The van der Waals surface area contributed by atoms with Crippen LogP contribution in [0.2, 0.25) is 0 Å². The molecule has 0 atom stereocenters. The van der Waals surface area contributed by atoms with Gasteiger partial charge in [0.15, 0.2) is 0 Å². The summed E-state index contributed by atoms with van der Waals surface area (Å²) in [4.78, 5) is 14.3. The van der Waals surface area contributed by atoms with Gasteiger partial charge in [-0.1, -0.05) is 67.9 Å². The minimum Gasteiger partial charge on any atom is -0.395 e. The van der Waals surface area contributed by atoms with E-state index in [2.05, 4.69) is 19.1 Å². The van der Waals surface area contributed by atoms with Crippen LogP contribution in [0.4, 0.5) is 0 Å². The van der Waals surface area contributed by atoms with Crippen LogP contribution in [0.25, 0.3) is 0 Å². The Labute approximate surface area is 144 Å². The summed E-state index contributed by atoms with van der Waals surface area (Å²) in [7, 11) is 0. The topological polar surface area (TPSA) is 40.5 Å². The standard InChI is InChI=1S/C21H27NO2/c1-2-3-7-18-10-12-19(13-11-18)16-21(24)22(14-15-23)17-20-8-5-4-6-9-20/h4-6,8-13,23H,2-3,7,14-17H2,1H3. The number of amides is 1. The van der Waals surface area contributed by atoms with Crippen molar-refractivity contribution in [3.8, 4) is 0 Å². The van der Waals surface area contributed by atoms with E-state index < -0.39 is 0 Å². The molecule has 0 aromatic heterocycles. The summed E-state index contributed by atoms with van der Waals surface area (Å²) in [6, 6.07) is 18.2. The molecule has 0 heterocycles. The number of carbonyl (C=O) groups is 1. The van der Waals surface area contributed by atoms with Crippen LogP contribution < -0.4 is 0 Å². The Morgan fingerprint density at radius 1 is 0.958 bits per heavy atom. The molecule has 2 rings (SSSR count). The number of aliphatic hydroxyl groups is 1. The van der Waals surface area contributed by atoms with E-state index in [9.17, 15) is 9.90 Å². The average Bonchev–Trinajstić information content (AvgIpc) is 2.61. The number of unbranched alkanes of at least 4 members (excludes halogenated alkanes) is 1. The molecule has 0 aliphatic rings. The third kappa shape index (κ3) is 5.82. The van der Waals surface area contributed by atoms with Crippen LogP contribution in [-0.2, 0) is 24.2 Å². The van der Waals surface area contributed by atoms with Crippen molar-refractivity contribution in [1.82, 2.24) is 4.90 Å². The molecular formula is C21H27NO2. The molecule has 0 fully saturated rings. The number of aliphatic hydroxyl groups excluding tert-OH is 1. The lowest BCUT2D eigenvalue weighted by molar-refractivity contribution is -0.131. The lowest BCUT2D eigenvalue weighted by Gasteiger charge is -2.22. The Bertz CT molecular complexity index is 607. The molecule has 1 amide bonds. The van der Waals surface area contributed by atoms with Gasteiger partial charge in [-0.05, 0) is 29.5 Å². The highest BCUT2D eigenvalue weighted by molar-refractivity contribution is 5.78. The van der Waals surface area contributed by atoms with Crippen LogP contribution >= 0.6 is 0 Å². The molecule has 3 nitrogen and oxygen atoms in total. The van der Waals surface area contributed by atoms with E-state index in [1.807, 2.05) is 42.5 Å². The molecule has 0 radical (unpaired) electrons. The molecule has 0 spiro atoms. The first-order valence-corrected chi connectivity index (χ1v) is 8.73. The maximum absolute atomic E-state index is 12.6. The highest BCUT2D eigenvalue weighted by Gasteiger charge is 2.14. The third-order valence-electron chi connectivity index (χ3n) is 4.14. The highest BCUT2D eigenvalue weighted by atomic mass is 16.3. The molecule has 0 aliphatic carbocycles. The highest BCUT2D eigenvalue weighted by Crippen LogP contribution is 2.11. The summed E-state index contributed by atoms with van der Waals surface area (Å²) < 4.78 is 0. The summed E-state index contributed by atoms with van der Waals surface area (Å²) in [5.41, 5.74) is 3.43. The van der Waals surface area contributed by atoms with Gasteiger partial charge < -0.3 is 10.0 Å². The Morgan fingerprint density at radius 2 is 1.62 bits per heavy atom. The third-order valence-corrected chi connectivity index (χ3v) is 4.14. The second-order valence-corrected chi connectivity index (χ2v) is 6.12. The van der Waals surface area contributed by atoms with Crippen molar-refractivity contribution in [2.75, 3.05) is 13.2 Å². The fourth-order valence-corrected chi connectivity index (χ4v) is 2.71. The van der Waals surface area contributed by atoms with E-state index in [1.54, 1.807) is 4.90 Å². The number of hydrogen-bond acceptors (Lipinski definition) is 2. The molecule has 24 heavy (non-hydrogen) atoms. The molecule has 0 saturated heterocycles. The van der Waals surface area contributed by atoms with Crippen molar-refractivity contribution in [2.24, 2.45) is 0 Å². The predicted molar refractivity (Wildman–Crippen MR) is 97.7 cm³/mol. The van der Waals surface area contributed by atoms with Crippen molar-refractivity contribution in [1.29, 1.82) is 0 Å². The molecule has 2 aromatic carbocycles. The van der Waals surface area contributed by atoms with E-state index in [-0.39, 0.29) is 12.5 Å².